The lowest BCUT2D eigenvalue weighted by molar-refractivity contribution is 0.221. The number of anilines is 1. The second-order valence-electron chi connectivity index (χ2n) is 6.20. The van der Waals surface area contributed by atoms with Crippen molar-refractivity contribution in [1.29, 1.82) is 0 Å². The van der Waals surface area contributed by atoms with Gasteiger partial charge >= 0.3 is 0 Å². The van der Waals surface area contributed by atoms with Crippen molar-refractivity contribution in [3.8, 4) is 0 Å². The fraction of sp³-hybridized carbons (Fsp3) is 0.647. The van der Waals surface area contributed by atoms with E-state index in [2.05, 4.69) is 34.3 Å². The van der Waals surface area contributed by atoms with Gasteiger partial charge in [-0.05, 0) is 64.5 Å². The fourth-order valence-electron chi connectivity index (χ4n) is 3.33. The van der Waals surface area contributed by atoms with E-state index in [1.165, 1.54) is 6.33 Å². The number of hydrogen-bond acceptors (Lipinski definition) is 5. The van der Waals surface area contributed by atoms with E-state index in [0.29, 0.717) is 22.1 Å². The van der Waals surface area contributed by atoms with Gasteiger partial charge in [0.05, 0.1) is 5.39 Å². The largest absolute Gasteiger partial charge is 0.367 e. The maximum Gasteiger partial charge on any atom is 0.138 e. The normalized spacial score (nSPS) is 35.8. The average Bonchev–Trinajstić information content (AvgIpc) is 3.07. The van der Waals surface area contributed by atoms with Crippen molar-refractivity contribution in [2.45, 2.75) is 56.9 Å². The minimum absolute atomic E-state index is 0.0626. The van der Waals surface area contributed by atoms with Gasteiger partial charge in [0.25, 0.3) is 0 Å². The number of rotatable bonds is 3. The van der Waals surface area contributed by atoms with Crippen LogP contribution in [0.3, 0.4) is 0 Å². The van der Waals surface area contributed by atoms with Crippen LogP contribution >= 0.6 is 11.3 Å². The summed E-state index contributed by atoms with van der Waals surface area (Å²) in [5.74, 6) is 0.480. The zero-order valence-corrected chi connectivity index (χ0v) is 13.6. The smallest absolute Gasteiger partial charge is 0.138 e. The molecule has 1 saturated carbocycles. The first-order chi connectivity index (χ1) is 13.0. The first-order valence-electron chi connectivity index (χ1n) is 10.7. The van der Waals surface area contributed by atoms with Crippen molar-refractivity contribution >= 4 is 27.4 Å². The predicted molar refractivity (Wildman–Crippen MR) is 92.8 cm³/mol. The minimum atomic E-state index is -2.66. The molecule has 5 heteroatoms. The van der Waals surface area contributed by atoms with Crippen LogP contribution in [0, 0.1) is 0 Å². The molecule has 22 heavy (non-hydrogen) atoms. The Morgan fingerprint density at radius 2 is 2.05 bits per heavy atom. The summed E-state index contributed by atoms with van der Waals surface area (Å²) in [5.41, 5.74) is 0.0626. The lowest BCUT2D eigenvalue weighted by atomic mass is 9.90. The van der Waals surface area contributed by atoms with Crippen LogP contribution in [-0.2, 0) is 12.7 Å². The summed E-state index contributed by atoms with van der Waals surface area (Å²) in [4.78, 5) is 11.4. The average molecular weight is 323 g/mol. The van der Waals surface area contributed by atoms with E-state index in [1.54, 1.807) is 0 Å². The molecule has 2 aliphatic rings. The van der Waals surface area contributed by atoms with Crippen LogP contribution in [0.25, 0.3) is 10.2 Å². The van der Waals surface area contributed by atoms with Gasteiger partial charge in [-0.1, -0.05) is 0 Å². The molecule has 4 nitrogen and oxygen atoms in total. The van der Waals surface area contributed by atoms with E-state index in [0.717, 1.165) is 37.0 Å². The highest BCUT2D eigenvalue weighted by atomic mass is 32.1. The number of nitrogens with one attached hydrogen (secondary N) is 1. The lowest BCUT2D eigenvalue weighted by Crippen LogP contribution is -2.36. The SMILES string of the molecule is [2H]C1([2H])c2sc3ncnc(N[C@H]4CC[C@H](N(C)C)CC4)c3c2C([2H])([2H])C1([2H])[2H]. The highest BCUT2D eigenvalue weighted by Gasteiger charge is 2.25. The van der Waals surface area contributed by atoms with Crippen molar-refractivity contribution in [3.63, 3.8) is 0 Å². The third kappa shape index (κ3) is 2.50. The topological polar surface area (TPSA) is 41.1 Å². The zero-order valence-electron chi connectivity index (χ0n) is 18.8. The first-order valence-corrected chi connectivity index (χ1v) is 8.51. The maximum atomic E-state index is 8.38. The van der Waals surface area contributed by atoms with Crippen LogP contribution < -0.4 is 5.32 Å². The van der Waals surface area contributed by atoms with Crippen LogP contribution in [0.15, 0.2) is 6.33 Å². The molecular weight excluding hydrogens is 292 g/mol. The van der Waals surface area contributed by atoms with Gasteiger partial charge in [0.2, 0.25) is 0 Å². The monoisotopic (exact) mass is 322 g/mol. The zero-order chi connectivity index (χ0) is 20.5. The number of hydrogen-bond donors (Lipinski definition) is 1. The summed E-state index contributed by atoms with van der Waals surface area (Å²) in [5, 5.41) is 3.84. The summed E-state index contributed by atoms with van der Waals surface area (Å²) in [6.45, 7) is 0. The molecule has 0 atom stereocenters. The summed E-state index contributed by atoms with van der Waals surface area (Å²) in [6.07, 6.45) is -2.08. The highest BCUT2D eigenvalue weighted by Crippen LogP contribution is 2.39. The van der Waals surface area contributed by atoms with Crippen LogP contribution in [0.2, 0.25) is 0 Å². The van der Waals surface area contributed by atoms with E-state index < -0.39 is 19.1 Å². The van der Waals surface area contributed by atoms with Gasteiger partial charge in [0.1, 0.15) is 17.0 Å². The van der Waals surface area contributed by atoms with E-state index in [9.17, 15) is 0 Å². The fourth-order valence-corrected chi connectivity index (χ4v) is 4.28. The molecule has 118 valence electrons. The lowest BCUT2D eigenvalue weighted by Gasteiger charge is -2.33. The molecule has 1 N–H and O–H groups in total. The molecule has 0 radical (unpaired) electrons. The number of aromatic nitrogens is 2. The Labute approximate surface area is 144 Å². The highest BCUT2D eigenvalue weighted by molar-refractivity contribution is 7.19. The molecule has 0 unspecified atom stereocenters. The Balaban J connectivity index is 1.73. The third-order valence-corrected chi connectivity index (χ3v) is 5.63. The van der Waals surface area contributed by atoms with Crippen molar-refractivity contribution < 1.29 is 8.22 Å². The van der Waals surface area contributed by atoms with Gasteiger partial charge in [0.15, 0.2) is 0 Å². The summed E-state index contributed by atoms with van der Waals surface area (Å²) >= 11 is 1.03. The number of fused-ring (bicyclic) bond motifs is 3. The van der Waals surface area contributed by atoms with Crippen LogP contribution in [0.4, 0.5) is 5.82 Å². The molecule has 1 fully saturated rings. The molecule has 0 aromatic carbocycles. The molecule has 2 aromatic heterocycles. The Morgan fingerprint density at radius 3 is 2.82 bits per heavy atom. The standard InChI is InChI=1S/C17H24N4S/c1-21(2)12-8-6-11(7-9-12)20-16-15-13-4-3-5-14(13)22-17(15)19-10-18-16/h10-12H,3-9H2,1-2H3,(H,18,19,20)/t11-,12-/i3D2,4D2,5D2. The van der Waals surface area contributed by atoms with Crippen molar-refractivity contribution in [1.82, 2.24) is 14.9 Å². The summed E-state index contributed by atoms with van der Waals surface area (Å²) < 4.78 is 49.5. The molecule has 4 rings (SSSR count). The van der Waals surface area contributed by atoms with Crippen LogP contribution in [-0.4, -0.2) is 41.0 Å². The molecular formula is C17H24N4S. The molecule has 2 heterocycles. The van der Waals surface area contributed by atoms with Gasteiger partial charge < -0.3 is 10.2 Å². The molecule has 2 aliphatic carbocycles. The van der Waals surface area contributed by atoms with E-state index >= 15 is 0 Å². The Bertz CT molecular complexity index is 904. The Kier molecular flexibility index (Phi) is 2.41. The van der Waals surface area contributed by atoms with E-state index in [4.69, 9.17) is 8.22 Å². The van der Waals surface area contributed by atoms with Gasteiger partial charge in [-0.3, -0.25) is 0 Å². The Hall–Kier alpha value is -1.20. The molecule has 0 spiro atoms. The number of aryl methyl sites for hydroxylation is 2. The van der Waals surface area contributed by atoms with E-state index in [-0.39, 0.29) is 16.5 Å². The quantitative estimate of drug-likeness (QED) is 0.939. The molecule has 0 saturated heterocycles. The minimum Gasteiger partial charge on any atom is -0.367 e. The second-order valence-corrected chi connectivity index (χ2v) is 7.20. The van der Waals surface area contributed by atoms with Gasteiger partial charge in [-0.15, -0.1) is 11.3 Å². The molecule has 0 aliphatic heterocycles. The van der Waals surface area contributed by atoms with Crippen molar-refractivity contribution in [3.05, 3.63) is 16.8 Å². The first kappa shape index (κ1) is 9.18. The van der Waals surface area contributed by atoms with Gasteiger partial charge in [0, 0.05) is 25.2 Å². The molecule has 2 aromatic rings. The Morgan fingerprint density at radius 1 is 1.23 bits per heavy atom. The number of thiophene rings is 1. The molecule has 0 bridgehead atoms. The predicted octanol–water partition coefficient (Wildman–Crippen LogP) is 3.46. The summed E-state index contributed by atoms with van der Waals surface area (Å²) in [7, 11) is 4.18. The second kappa shape index (κ2) is 5.78. The van der Waals surface area contributed by atoms with Crippen molar-refractivity contribution in [2.75, 3.05) is 19.4 Å². The van der Waals surface area contributed by atoms with Gasteiger partial charge in [-0.25, -0.2) is 9.97 Å². The molecule has 0 amide bonds. The van der Waals surface area contributed by atoms with Crippen LogP contribution in [0.5, 0.6) is 0 Å². The van der Waals surface area contributed by atoms with Crippen molar-refractivity contribution in [2.24, 2.45) is 0 Å². The van der Waals surface area contributed by atoms with E-state index in [1.807, 2.05) is 0 Å². The number of nitrogens with zero attached hydrogens (tertiary/aromatic N) is 3. The third-order valence-electron chi connectivity index (χ3n) is 4.62. The maximum absolute atomic E-state index is 8.38. The van der Waals surface area contributed by atoms with Gasteiger partial charge in [-0.2, -0.15) is 0 Å². The van der Waals surface area contributed by atoms with Crippen LogP contribution in [0.1, 0.15) is 50.7 Å². The summed E-state index contributed by atoms with van der Waals surface area (Å²) in [6, 6.07) is 0.758.